The van der Waals surface area contributed by atoms with Gasteiger partial charge in [-0.1, -0.05) is 0 Å². The summed E-state index contributed by atoms with van der Waals surface area (Å²) in [7, 11) is 0. The lowest BCUT2D eigenvalue weighted by Gasteiger charge is -2.06. The monoisotopic (exact) mass is 254 g/mol. The van der Waals surface area contributed by atoms with Crippen molar-refractivity contribution in [3.8, 4) is 11.9 Å². The molecule has 94 valence electrons. The molecule has 0 spiro atoms. The quantitative estimate of drug-likeness (QED) is 0.872. The van der Waals surface area contributed by atoms with E-state index in [9.17, 15) is 10.1 Å². The minimum absolute atomic E-state index is 0.0637. The number of carbonyl (C=O) groups is 1. The molecule has 0 aliphatic heterocycles. The zero-order valence-electron chi connectivity index (χ0n) is 10.00. The van der Waals surface area contributed by atoms with E-state index >= 15 is 0 Å². The van der Waals surface area contributed by atoms with E-state index in [0.717, 1.165) is 30.5 Å². The zero-order valence-corrected chi connectivity index (χ0v) is 10.00. The maximum Gasteiger partial charge on any atom is 0.356 e. The first-order valence-corrected chi connectivity index (χ1v) is 5.89. The van der Waals surface area contributed by atoms with Crippen molar-refractivity contribution in [2.45, 2.75) is 19.3 Å². The van der Waals surface area contributed by atoms with Crippen molar-refractivity contribution in [1.29, 1.82) is 5.26 Å². The number of rotatable bonds is 2. The molecular formula is C13H10N4O2. The summed E-state index contributed by atoms with van der Waals surface area (Å²) in [6.07, 6.45) is 5.62. The normalized spacial score (nSPS) is 13.0. The number of nitrogens with zero attached hydrogens (tertiary/aromatic N) is 4. The fourth-order valence-corrected chi connectivity index (χ4v) is 2.29. The number of pyridine rings is 1. The van der Waals surface area contributed by atoms with Crippen molar-refractivity contribution in [3.63, 3.8) is 0 Å². The van der Waals surface area contributed by atoms with Crippen LogP contribution in [0.1, 0.15) is 33.7 Å². The molecule has 0 unspecified atom stereocenters. The maximum atomic E-state index is 10.8. The van der Waals surface area contributed by atoms with Crippen LogP contribution >= 0.6 is 0 Å². The number of aromatic carboxylic acids is 1. The number of aryl methyl sites for hydroxylation is 2. The fourth-order valence-electron chi connectivity index (χ4n) is 2.29. The van der Waals surface area contributed by atoms with Gasteiger partial charge in [0.25, 0.3) is 0 Å². The molecule has 0 saturated heterocycles. The maximum absolute atomic E-state index is 10.8. The highest BCUT2D eigenvalue weighted by Crippen LogP contribution is 2.24. The van der Waals surface area contributed by atoms with E-state index < -0.39 is 5.97 Å². The van der Waals surface area contributed by atoms with Crippen LogP contribution in [0.5, 0.6) is 0 Å². The topological polar surface area (TPSA) is 91.8 Å². The van der Waals surface area contributed by atoms with E-state index in [1.54, 1.807) is 0 Å². The third-order valence-electron chi connectivity index (χ3n) is 3.20. The summed E-state index contributed by atoms with van der Waals surface area (Å²) in [4.78, 5) is 19.1. The Kier molecular flexibility index (Phi) is 2.53. The standard InChI is InChI=1S/C13H10N4O2/c14-5-9-4-8-2-1-3-10(8)16-12(9)17-6-11(13(18)19)15-7-17/h4,6-7H,1-3H2,(H,18,19). The van der Waals surface area contributed by atoms with Crippen LogP contribution in [-0.2, 0) is 12.8 Å². The Morgan fingerprint density at radius 1 is 1.47 bits per heavy atom. The number of fused-ring (bicyclic) bond motifs is 1. The van der Waals surface area contributed by atoms with Crippen molar-refractivity contribution in [2.75, 3.05) is 0 Å². The number of carboxylic acid groups (broad SMARTS) is 1. The van der Waals surface area contributed by atoms with Crippen LogP contribution in [0.3, 0.4) is 0 Å². The van der Waals surface area contributed by atoms with Gasteiger partial charge in [0.2, 0.25) is 0 Å². The fraction of sp³-hybridized carbons (Fsp3) is 0.231. The minimum Gasteiger partial charge on any atom is -0.476 e. The highest BCUT2D eigenvalue weighted by Gasteiger charge is 2.18. The number of hydrogen-bond donors (Lipinski definition) is 1. The predicted octanol–water partition coefficient (Wildman–Crippen LogP) is 1.33. The smallest absolute Gasteiger partial charge is 0.356 e. The molecule has 6 nitrogen and oxygen atoms in total. The third kappa shape index (κ3) is 1.85. The summed E-state index contributed by atoms with van der Waals surface area (Å²) in [5.41, 5.74) is 2.47. The highest BCUT2D eigenvalue weighted by atomic mass is 16.4. The molecule has 1 N–H and O–H groups in total. The lowest BCUT2D eigenvalue weighted by atomic mass is 10.1. The van der Waals surface area contributed by atoms with E-state index in [2.05, 4.69) is 16.0 Å². The zero-order chi connectivity index (χ0) is 13.4. The van der Waals surface area contributed by atoms with Gasteiger partial charge in [0.1, 0.15) is 12.4 Å². The number of carboxylic acids is 1. The Bertz CT molecular complexity index is 712. The molecule has 1 aliphatic rings. The van der Waals surface area contributed by atoms with Crippen LogP contribution in [0.4, 0.5) is 0 Å². The molecule has 2 heterocycles. The van der Waals surface area contributed by atoms with E-state index in [1.807, 2.05) is 6.07 Å². The second-order valence-corrected chi connectivity index (χ2v) is 4.40. The first-order chi connectivity index (χ1) is 9.19. The van der Waals surface area contributed by atoms with Crippen LogP contribution < -0.4 is 0 Å². The molecule has 0 radical (unpaired) electrons. The Balaban J connectivity index is 2.13. The van der Waals surface area contributed by atoms with Gasteiger partial charge in [0, 0.05) is 11.9 Å². The van der Waals surface area contributed by atoms with Crippen molar-refractivity contribution in [2.24, 2.45) is 0 Å². The Hall–Kier alpha value is -2.68. The molecule has 6 heteroatoms. The number of aromatic nitrogens is 3. The van der Waals surface area contributed by atoms with Gasteiger partial charge in [-0.3, -0.25) is 4.57 Å². The molecule has 0 fully saturated rings. The Labute approximate surface area is 109 Å². The summed E-state index contributed by atoms with van der Waals surface area (Å²) < 4.78 is 1.49. The predicted molar refractivity (Wildman–Crippen MR) is 65.1 cm³/mol. The SMILES string of the molecule is N#Cc1cc2c(nc1-n1cnc(C(=O)O)c1)CCC2. The molecule has 1 aliphatic carbocycles. The summed E-state index contributed by atoms with van der Waals surface area (Å²) >= 11 is 0. The van der Waals surface area contributed by atoms with Gasteiger partial charge in [-0.2, -0.15) is 5.26 Å². The van der Waals surface area contributed by atoms with Crippen LogP contribution in [-0.4, -0.2) is 25.6 Å². The molecule has 0 amide bonds. The van der Waals surface area contributed by atoms with Gasteiger partial charge in [0.05, 0.1) is 5.56 Å². The van der Waals surface area contributed by atoms with E-state index in [4.69, 9.17) is 5.11 Å². The number of nitriles is 1. The second-order valence-electron chi connectivity index (χ2n) is 4.40. The largest absolute Gasteiger partial charge is 0.476 e. The summed E-state index contributed by atoms with van der Waals surface area (Å²) in [6, 6.07) is 3.94. The van der Waals surface area contributed by atoms with Crippen LogP contribution in [0.15, 0.2) is 18.6 Å². The highest BCUT2D eigenvalue weighted by molar-refractivity contribution is 5.85. The van der Waals surface area contributed by atoms with Crippen molar-refractivity contribution < 1.29 is 9.90 Å². The molecule has 0 bridgehead atoms. The van der Waals surface area contributed by atoms with Crippen molar-refractivity contribution >= 4 is 5.97 Å². The van der Waals surface area contributed by atoms with E-state index in [1.165, 1.54) is 17.1 Å². The van der Waals surface area contributed by atoms with Crippen molar-refractivity contribution in [3.05, 3.63) is 41.1 Å². The molecular weight excluding hydrogens is 244 g/mol. The number of hydrogen-bond acceptors (Lipinski definition) is 4. The summed E-state index contributed by atoms with van der Waals surface area (Å²) in [5.74, 6) is -0.651. The van der Waals surface area contributed by atoms with Crippen LogP contribution in [0.2, 0.25) is 0 Å². The van der Waals surface area contributed by atoms with Crippen LogP contribution in [0.25, 0.3) is 5.82 Å². The van der Waals surface area contributed by atoms with Gasteiger partial charge in [-0.25, -0.2) is 14.8 Å². The first kappa shape index (κ1) is 11.4. The molecule has 19 heavy (non-hydrogen) atoms. The van der Waals surface area contributed by atoms with E-state index in [-0.39, 0.29) is 5.69 Å². The number of imidazole rings is 1. The summed E-state index contributed by atoms with van der Waals surface area (Å²) in [6.45, 7) is 0. The average Bonchev–Trinajstić information content (AvgIpc) is 3.05. The second kappa shape index (κ2) is 4.21. The van der Waals surface area contributed by atoms with Gasteiger partial charge in [-0.15, -0.1) is 0 Å². The average molecular weight is 254 g/mol. The molecule has 3 rings (SSSR count). The third-order valence-corrected chi connectivity index (χ3v) is 3.20. The molecule has 0 aromatic carbocycles. The molecule has 2 aromatic heterocycles. The summed E-state index contributed by atoms with van der Waals surface area (Å²) in [5, 5.41) is 18.1. The van der Waals surface area contributed by atoms with Gasteiger partial charge in [0.15, 0.2) is 11.5 Å². The van der Waals surface area contributed by atoms with Gasteiger partial charge >= 0.3 is 5.97 Å². The molecule has 0 saturated carbocycles. The van der Waals surface area contributed by atoms with Crippen LogP contribution in [0, 0.1) is 11.3 Å². The molecule has 2 aromatic rings. The van der Waals surface area contributed by atoms with Gasteiger partial charge in [-0.05, 0) is 30.9 Å². The van der Waals surface area contributed by atoms with E-state index in [0.29, 0.717) is 11.4 Å². The minimum atomic E-state index is -1.10. The van der Waals surface area contributed by atoms with Gasteiger partial charge < -0.3 is 5.11 Å². The Morgan fingerprint density at radius 2 is 2.32 bits per heavy atom. The Morgan fingerprint density at radius 3 is 3.00 bits per heavy atom. The van der Waals surface area contributed by atoms with Crippen molar-refractivity contribution in [1.82, 2.24) is 14.5 Å². The lowest BCUT2D eigenvalue weighted by Crippen LogP contribution is -2.03. The molecule has 0 atom stereocenters. The lowest BCUT2D eigenvalue weighted by molar-refractivity contribution is 0.0691. The first-order valence-electron chi connectivity index (χ1n) is 5.89.